The van der Waals surface area contributed by atoms with E-state index in [2.05, 4.69) is 15.2 Å². The fourth-order valence-corrected chi connectivity index (χ4v) is 1.65. The molecule has 0 aromatic carbocycles. The highest BCUT2D eigenvalue weighted by molar-refractivity contribution is 5.85. The minimum Gasteiger partial charge on any atom is -0.370 e. The molecule has 2 rings (SSSR count). The van der Waals surface area contributed by atoms with Crippen molar-refractivity contribution in [1.82, 2.24) is 15.2 Å². The summed E-state index contributed by atoms with van der Waals surface area (Å²) in [6.45, 7) is 3.28. The number of nitrogens with one attached hydrogen (secondary N) is 1. The van der Waals surface area contributed by atoms with Crippen LogP contribution in [0.15, 0.2) is 0 Å². The molecule has 1 saturated heterocycles. The molecule has 15 heavy (non-hydrogen) atoms. The number of aromatic nitrogens is 3. The van der Waals surface area contributed by atoms with Gasteiger partial charge >= 0.3 is 0 Å². The standard InChI is InChI=1S/C8H14N4O.2ClH/c1-5-10-8(12-11-5)7-6(4-9)2-3-13-7;;/h6-7H,2-4,9H2,1H3,(H,10,11,12);2*1H/t6-,7-;;/m1../s1. The zero-order valence-electron chi connectivity index (χ0n) is 8.47. The van der Waals surface area contributed by atoms with E-state index in [1.165, 1.54) is 0 Å². The normalized spacial score (nSPS) is 24.4. The predicted molar refractivity (Wildman–Crippen MR) is 61.5 cm³/mol. The van der Waals surface area contributed by atoms with Crippen LogP contribution in [0.4, 0.5) is 0 Å². The molecule has 2 atom stereocenters. The third-order valence-corrected chi connectivity index (χ3v) is 2.39. The Morgan fingerprint density at radius 1 is 1.53 bits per heavy atom. The van der Waals surface area contributed by atoms with Gasteiger partial charge in [0.2, 0.25) is 0 Å². The molecule has 0 unspecified atom stereocenters. The molecular formula is C8H16Cl2N4O. The number of aromatic amines is 1. The van der Waals surface area contributed by atoms with Gasteiger partial charge in [0.05, 0.1) is 0 Å². The third kappa shape index (κ3) is 3.04. The van der Waals surface area contributed by atoms with Gasteiger partial charge in [0.1, 0.15) is 11.9 Å². The van der Waals surface area contributed by atoms with Crippen molar-refractivity contribution in [2.24, 2.45) is 11.7 Å². The average Bonchev–Trinajstić information content (AvgIpc) is 2.71. The molecule has 88 valence electrons. The second-order valence-electron chi connectivity index (χ2n) is 3.35. The number of halogens is 2. The molecular weight excluding hydrogens is 239 g/mol. The molecule has 5 nitrogen and oxygen atoms in total. The largest absolute Gasteiger partial charge is 0.370 e. The molecule has 0 radical (unpaired) electrons. The first-order chi connectivity index (χ1) is 6.31. The van der Waals surface area contributed by atoms with Crippen molar-refractivity contribution in [3.05, 3.63) is 11.6 Å². The van der Waals surface area contributed by atoms with Crippen molar-refractivity contribution in [1.29, 1.82) is 0 Å². The lowest BCUT2D eigenvalue weighted by molar-refractivity contribution is 0.0855. The Morgan fingerprint density at radius 2 is 2.27 bits per heavy atom. The number of nitrogens with zero attached hydrogens (tertiary/aromatic N) is 2. The molecule has 1 aliphatic rings. The molecule has 1 fully saturated rings. The van der Waals surface area contributed by atoms with Crippen LogP contribution in [0.2, 0.25) is 0 Å². The van der Waals surface area contributed by atoms with Crippen molar-refractivity contribution in [2.45, 2.75) is 19.4 Å². The van der Waals surface area contributed by atoms with Crippen LogP contribution < -0.4 is 5.73 Å². The van der Waals surface area contributed by atoms with Crippen LogP contribution in [0.1, 0.15) is 24.2 Å². The van der Waals surface area contributed by atoms with Crippen LogP contribution in [0.3, 0.4) is 0 Å². The molecule has 1 aliphatic heterocycles. The van der Waals surface area contributed by atoms with Crippen molar-refractivity contribution >= 4 is 24.8 Å². The Balaban J connectivity index is 0.000000980. The van der Waals surface area contributed by atoms with Gasteiger partial charge in [-0.25, -0.2) is 4.98 Å². The van der Waals surface area contributed by atoms with Gasteiger partial charge in [-0.2, -0.15) is 5.10 Å². The number of nitrogens with two attached hydrogens (primary N) is 1. The molecule has 0 bridgehead atoms. The van der Waals surface area contributed by atoms with Gasteiger partial charge in [-0.15, -0.1) is 24.8 Å². The summed E-state index contributed by atoms with van der Waals surface area (Å²) in [5, 5.41) is 6.89. The fourth-order valence-electron chi connectivity index (χ4n) is 1.65. The Kier molecular flexibility index (Phi) is 6.12. The molecule has 1 aromatic rings. The quantitative estimate of drug-likeness (QED) is 0.826. The zero-order chi connectivity index (χ0) is 9.26. The summed E-state index contributed by atoms with van der Waals surface area (Å²) in [5.74, 6) is 1.93. The van der Waals surface area contributed by atoms with Gasteiger partial charge in [0.25, 0.3) is 0 Å². The first-order valence-corrected chi connectivity index (χ1v) is 4.52. The van der Waals surface area contributed by atoms with E-state index in [4.69, 9.17) is 10.5 Å². The average molecular weight is 255 g/mol. The maximum Gasteiger partial charge on any atom is 0.179 e. The van der Waals surface area contributed by atoms with E-state index < -0.39 is 0 Å². The van der Waals surface area contributed by atoms with Crippen LogP contribution in [-0.4, -0.2) is 28.3 Å². The summed E-state index contributed by atoms with van der Waals surface area (Å²) >= 11 is 0. The monoisotopic (exact) mass is 254 g/mol. The van der Waals surface area contributed by atoms with Crippen LogP contribution in [0.5, 0.6) is 0 Å². The second-order valence-corrected chi connectivity index (χ2v) is 3.35. The predicted octanol–water partition coefficient (Wildman–Crippen LogP) is 0.993. The molecule has 3 N–H and O–H groups in total. The topological polar surface area (TPSA) is 76.8 Å². The van der Waals surface area contributed by atoms with Gasteiger partial charge in [-0.05, 0) is 19.9 Å². The van der Waals surface area contributed by atoms with Crippen molar-refractivity contribution in [2.75, 3.05) is 13.2 Å². The SMILES string of the molecule is Cc1nc([C@@H]2OCC[C@@H]2CN)n[nH]1.Cl.Cl. The van der Waals surface area contributed by atoms with E-state index in [-0.39, 0.29) is 30.9 Å². The smallest absolute Gasteiger partial charge is 0.179 e. The minimum absolute atomic E-state index is 0. The summed E-state index contributed by atoms with van der Waals surface area (Å²) in [6, 6.07) is 0. The van der Waals surface area contributed by atoms with Gasteiger partial charge < -0.3 is 10.5 Å². The highest BCUT2D eigenvalue weighted by Crippen LogP contribution is 2.31. The zero-order valence-corrected chi connectivity index (χ0v) is 10.1. The lowest BCUT2D eigenvalue weighted by Crippen LogP contribution is -2.18. The van der Waals surface area contributed by atoms with Crippen molar-refractivity contribution < 1.29 is 4.74 Å². The lowest BCUT2D eigenvalue weighted by Gasteiger charge is -2.12. The number of hydrogen-bond donors (Lipinski definition) is 2. The van der Waals surface area contributed by atoms with Crippen LogP contribution in [0, 0.1) is 12.8 Å². The lowest BCUT2D eigenvalue weighted by atomic mass is 10.0. The van der Waals surface area contributed by atoms with Crippen molar-refractivity contribution in [3.8, 4) is 0 Å². The van der Waals surface area contributed by atoms with Crippen LogP contribution in [-0.2, 0) is 4.74 Å². The highest BCUT2D eigenvalue weighted by atomic mass is 35.5. The number of aryl methyl sites for hydroxylation is 1. The van der Waals surface area contributed by atoms with Crippen LogP contribution in [0.25, 0.3) is 0 Å². The van der Waals surface area contributed by atoms with E-state index in [1.54, 1.807) is 0 Å². The van der Waals surface area contributed by atoms with E-state index in [9.17, 15) is 0 Å². The second kappa shape index (κ2) is 6.27. The first-order valence-electron chi connectivity index (χ1n) is 4.52. The van der Waals surface area contributed by atoms with E-state index in [0.29, 0.717) is 12.5 Å². The molecule has 2 heterocycles. The Bertz CT molecular complexity index is 294. The molecule has 0 spiro atoms. The van der Waals surface area contributed by atoms with Gasteiger partial charge in [-0.1, -0.05) is 0 Å². The molecule has 0 saturated carbocycles. The van der Waals surface area contributed by atoms with Gasteiger partial charge in [0.15, 0.2) is 5.82 Å². The number of H-pyrrole nitrogens is 1. The molecule has 0 aliphatic carbocycles. The first kappa shape index (κ1) is 14.6. The molecule has 0 amide bonds. The minimum atomic E-state index is -0.00468. The summed E-state index contributed by atoms with van der Waals surface area (Å²) < 4.78 is 5.53. The number of rotatable bonds is 2. The maximum atomic E-state index is 5.62. The summed E-state index contributed by atoms with van der Waals surface area (Å²) in [7, 11) is 0. The van der Waals surface area contributed by atoms with E-state index in [1.807, 2.05) is 6.92 Å². The summed E-state index contributed by atoms with van der Waals surface area (Å²) in [5.41, 5.74) is 5.62. The Hall–Kier alpha value is -0.360. The molecule has 1 aromatic heterocycles. The van der Waals surface area contributed by atoms with E-state index in [0.717, 1.165) is 24.7 Å². The summed E-state index contributed by atoms with van der Waals surface area (Å²) in [6.07, 6.45) is 1.00. The maximum absolute atomic E-state index is 5.62. The number of hydrogen-bond acceptors (Lipinski definition) is 4. The molecule has 7 heteroatoms. The Morgan fingerprint density at radius 3 is 2.80 bits per heavy atom. The van der Waals surface area contributed by atoms with Gasteiger partial charge in [-0.3, -0.25) is 5.10 Å². The van der Waals surface area contributed by atoms with Crippen molar-refractivity contribution in [3.63, 3.8) is 0 Å². The third-order valence-electron chi connectivity index (χ3n) is 2.39. The number of ether oxygens (including phenoxy) is 1. The Labute approximate surface area is 101 Å². The highest BCUT2D eigenvalue weighted by Gasteiger charge is 2.31. The van der Waals surface area contributed by atoms with Crippen LogP contribution >= 0.6 is 24.8 Å². The van der Waals surface area contributed by atoms with Gasteiger partial charge in [0, 0.05) is 12.5 Å². The van der Waals surface area contributed by atoms with E-state index >= 15 is 0 Å². The summed E-state index contributed by atoms with van der Waals surface area (Å²) in [4.78, 5) is 4.24. The fraction of sp³-hybridized carbons (Fsp3) is 0.750.